The molecular weight excluding hydrogens is 465 g/mol. The number of halogens is 1. The summed E-state index contributed by atoms with van der Waals surface area (Å²) in [4.78, 5) is 41.6. The van der Waals surface area contributed by atoms with Gasteiger partial charge in [0.1, 0.15) is 12.5 Å². The second-order valence-corrected chi connectivity index (χ2v) is 8.57. The van der Waals surface area contributed by atoms with Gasteiger partial charge in [0, 0.05) is 44.5 Å². The zero-order valence-electron chi connectivity index (χ0n) is 20.3. The predicted molar refractivity (Wildman–Crippen MR) is 134 cm³/mol. The fraction of sp³-hybridized carbons (Fsp3) is 0.385. The van der Waals surface area contributed by atoms with E-state index in [4.69, 9.17) is 4.74 Å². The number of carbonyl (C=O) groups is 2. The zero-order chi connectivity index (χ0) is 25.5. The highest BCUT2D eigenvalue weighted by atomic mass is 19.1. The number of nitrogens with zero attached hydrogens (tertiary/aromatic N) is 4. The number of hydrogen-bond donors (Lipinski definition) is 1. The largest absolute Gasteiger partial charge is 0.466 e. The van der Waals surface area contributed by atoms with E-state index >= 15 is 0 Å². The number of benzene rings is 2. The number of esters is 1. The Hall–Kier alpha value is -3.79. The van der Waals surface area contributed by atoms with Gasteiger partial charge in [-0.1, -0.05) is 30.3 Å². The van der Waals surface area contributed by atoms with Gasteiger partial charge in [-0.3, -0.25) is 19.3 Å². The summed E-state index contributed by atoms with van der Waals surface area (Å²) >= 11 is 0. The van der Waals surface area contributed by atoms with Crippen LogP contribution in [0.15, 0.2) is 53.3 Å². The highest BCUT2D eigenvalue weighted by molar-refractivity contribution is 5.87. The van der Waals surface area contributed by atoms with Gasteiger partial charge in [0.15, 0.2) is 0 Å². The van der Waals surface area contributed by atoms with Crippen molar-refractivity contribution < 1.29 is 18.7 Å². The minimum Gasteiger partial charge on any atom is -0.466 e. The SMILES string of the molecule is CCOC(=O)Cc1nn(CNC(=O)CCN2CCN(c3ccccc3F)CC2)c(=O)c2ccccc12. The number of nitrogens with one attached hydrogen (secondary N) is 1. The minimum absolute atomic E-state index is 0.0680. The Labute approximate surface area is 208 Å². The highest BCUT2D eigenvalue weighted by Gasteiger charge is 2.20. The number of carbonyl (C=O) groups excluding carboxylic acids is 2. The summed E-state index contributed by atoms with van der Waals surface area (Å²) in [5, 5.41) is 8.10. The van der Waals surface area contributed by atoms with Crippen LogP contribution in [0.4, 0.5) is 10.1 Å². The molecule has 0 spiro atoms. The monoisotopic (exact) mass is 495 g/mol. The van der Waals surface area contributed by atoms with Crippen LogP contribution >= 0.6 is 0 Å². The van der Waals surface area contributed by atoms with E-state index in [0.29, 0.717) is 41.8 Å². The summed E-state index contributed by atoms with van der Waals surface area (Å²) in [6.07, 6.45) is 0.194. The summed E-state index contributed by atoms with van der Waals surface area (Å²) < 4.78 is 20.2. The molecule has 2 aromatic carbocycles. The third-order valence-corrected chi connectivity index (χ3v) is 6.21. The van der Waals surface area contributed by atoms with Crippen LogP contribution in [-0.4, -0.2) is 65.9 Å². The first kappa shape index (κ1) is 25.3. The van der Waals surface area contributed by atoms with Gasteiger partial charge in [0.25, 0.3) is 5.56 Å². The molecule has 0 bridgehead atoms. The molecule has 9 nitrogen and oxygen atoms in total. The maximum absolute atomic E-state index is 14.0. The molecule has 0 aliphatic carbocycles. The van der Waals surface area contributed by atoms with Crippen molar-refractivity contribution >= 4 is 28.3 Å². The Morgan fingerprint density at radius 3 is 2.44 bits per heavy atom. The molecule has 1 N–H and O–H groups in total. The number of piperazine rings is 1. The van der Waals surface area contributed by atoms with Crippen LogP contribution in [0.1, 0.15) is 19.0 Å². The van der Waals surface area contributed by atoms with Gasteiger partial charge >= 0.3 is 5.97 Å². The first-order valence-electron chi connectivity index (χ1n) is 12.1. The quantitative estimate of drug-likeness (QED) is 0.453. The summed E-state index contributed by atoms with van der Waals surface area (Å²) in [5.41, 5.74) is 0.680. The predicted octanol–water partition coefficient (Wildman–Crippen LogP) is 1.93. The molecule has 10 heteroatoms. The molecule has 36 heavy (non-hydrogen) atoms. The molecule has 1 fully saturated rings. The molecule has 4 rings (SSSR count). The second kappa shape index (κ2) is 11.8. The number of ether oxygens (including phenoxy) is 1. The minimum atomic E-state index is -0.431. The fourth-order valence-electron chi connectivity index (χ4n) is 4.32. The van der Waals surface area contributed by atoms with Crippen molar-refractivity contribution in [3.05, 3.63) is 70.4 Å². The first-order chi connectivity index (χ1) is 17.5. The van der Waals surface area contributed by atoms with E-state index in [1.165, 1.54) is 10.7 Å². The van der Waals surface area contributed by atoms with Gasteiger partial charge in [0.2, 0.25) is 5.91 Å². The maximum atomic E-state index is 14.0. The van der Waals surface area contributed by atoms with Gasteiger partial charge in [-0.25, -0.2) is 9.07 Å². The van der Waals surface area contributed by atoms with Gasteiger partial charge in [-0.2, -0.15) is 5.10 Å². The van der Waals surface area contributed by atoms with E-state index in [1.54, 1.807) is 43.3 Å². The summed E-state index contributed by atoms with van der Waals surface area (Å²) in [6.45, 7) is 5.26. The van der Waals surface area contributed by atoms with Gasteiger partial charge < -0.3 is 15.0 Å². The van der Waals surface area contributed by atoms with E-state index in [2.05, 4.69) is 15.3 Å². The van der Waals surface area contributed by atoms with Crippen molar-refractivity contribution in [2.45, 2.75) is 26.4 Å². The number of aromatic nitrogens is 2. The molecule has 3 aromatic rings. The smallest absolute Gasteiger partial charge is 0.311 e. The molecular formula is C26H30FN5O4. The molecule has 1 aromatic heterocycles. The van der Waals surface area contributed by atoms with Crippen LogP contribution in [0, 0.1) is 5.82 Å². The Kier molecular flexibility index (Phi) is 8.27. The lowest BCUT2D eigenvalue weighted by atomic mass is 10.1. The van der Waals surface area contributed by atoms with Gasteiger partial charge in [0.05, 0.1) is 29.8 Å². The average Bonchev–Trinajstić information content (AvgIpc) is 2.89. The topological polar surface area (TPSA) is 96.8 Å². The van der Waals surface area contributed by atoms with E-state index in [1.807, 2.05) is 11.0 Å². The van der Waals surface area contributed by atoms with E-state index in [-0.39, 0.29) is 43.4 Å². The highest BCUT2D eigenvalue weighted by Crippen LogP contribution is 2.20. The van der Waals surface area contributed by atoms with E-state index < -0.39 is 5.97 Å². The number of hydrogen-bond acceptors (Lipinski definition) is 7. The molecule has 0 unspecified atom stereocenters. The Morgan fingerprint density at radius 2 is 1.72 bits per heavy atom. The number of rotatable bonds is 9. The van der Waals surface area contributed by atoms with Crippen molar-refractivity contribution in [3.8, 4) is 0 Å². The summed E-state index contributed by atoms with van der Waals surface area (Å²) in [7, 11) is 0. The molecule has 1 aliphatic rings. The van der Waals surface area contributed by atoms with Crippen molar-refractivity contribution in [1.82, 2.24) is 20.0 Å². The van der Waals surface area contributed by atoms with Crippen molar-refractivity contribution in [3.63, 3.8) is 0 Å². The number of fused-ring (bicyclic) bond motifs is 1. The van der Waals surface area contributed by atoms with Crippen molar-refractivity contribution in [2.75, 3.05) is 44.2 Å². The Bertz CT molecular complexity index is 1290. The molecule has 0 atom stereocenters. The van der Waals surface area contributed by atoms with E-state index in [0.717, 1.165) is 13.1 Å². The number of anilines is 1. The van der Waals surface area contributed by atoms with Crippen LogP contribution in [0.5, 0.6) is 0 Å². The van der Waals surface area contributed by atoms with Crippen LogP contribution in [0.2, 0.25) is 0 Å². The second-order valence-electron chi connectivity index (χ2n) is 8.57. The van der Waals surface area contributed by atoms with Crippen molar-refractivity contribution in [1.29, 1.82) is 0 Å². The molecule has 190 valence electrons. The summed E-state index contributed by atoms with van der Waals surface area (Å²) in [6, 6.07) is 13.7. The fourth-order valence-corrected chi connectivity index (χ4v) is 4.32. The van der Waals surface area contributed by atoms with Gasteiger partial charge in [-0.15, -0.1) is 0 Å². The Balaban J connectivity index is 1.32. The molecule has 1 saturated heterocycles. The Morgan fingerprint density at radius 1 is 1.03 bits per heavy atom. The zero-order valence-corrected chi connectivity index (χ0v) is 20.3. The molecule has 1 aliphatic heterocycles. The molecule has 1 amide bonds. The lowest BCUT2D eigenvalue weighted by Gasteiger charge is -2.36. The maximum Gasteiger partial charge on any atom is 0.311 e. The number of para-hydroxylation sites is 1. The van der Waals surface area contributed by atoms with Crippen LogP contribution < -0.4 is 15.8 Å². The number of amides is 1. The third-order valence-electron chi connectivity index (χ3n) is 6.21. The van der Waals surface area contributed by atoms with Crippen LogP contribution in [0.3, 0.4) is 0 Å². The summed E-state index contributed by atoms with van der Waals surface area (Å²) in [5.74, 6) is -0.867. The van der Waals surface area contributed by atoms with Crippen LogP contribution in [0.25, 0.3) is 10.8 Å². The van der Waals surface area contributed by atoms with Crippen molar-refractivity contribution in [2.24, 2.45) is 0 Å². The lowest BCUT2D eigenvalue weighted by Crippen LogP contribution is -2.47. The lowest BCUT2D eigenvalue weighted by molar-refractivity contribution is -0.142. The standard InChI is InChI=1S/C26H30FN5O4/c1-2-36-25(34)17-22-19-7-3-4-8-20(19)26(35)32(29-22)18-28-24(33)11-12-30-13-15-31(16-14-30)23-10-6-5-9-21(23)27/h3-10H,2,11-18H2,1H3,(H,28,33). The normalized spacial score (nSPS) is 14.1. The first-order valence-corrected chi connectivity index (χ1v) is 12.1. The van der Waals surface area contributed by atoms with Crippen LogP contribution in [-0.2, 0) is 27.4 Å². The molecule has 2 heterocycles. The third kappa shape index (κ3) is 6.06. The van der Waals surface area contributed by atoms with Gasteiger partial charge in [-0.05, 0) is 25.1 Å². The molecule has 0 saturated carbocycles. The van der Waals surface area contributed by atoms with E-state index in [9.17, 15) is 18.8 Å². The molecule has 0 radical (unpaired) electrons. The average molecular weight is 496 g/mol.